The normalized spacial score (nSPS) is 19.0. The van der Waals surface area contributed by atoms with E-state index in [0.717, 1.165) is 4.90 Å². The van der Waals surface area contributed by atoms with Gasteiger partial charge < -0.3 is 30.3 Å². The molecule has 13 heteroatoms. The molecule has 0 bridgehead atoms. The molecule has 35 heavy (non-hydrogen) atoms. The van der Waals surface area contributed by atoms with Crippen LogP contribution >= 0.6 is 0 Å². The Bertz CT molecular complexity index is 1060. The van der Waals surface area contributed by atoms with Crippen molar-refractivity contribution in [3.05, 3.63) is 29.3 Å². The molecule has 1 aromatic rings. The number of carboxylic acids is 1. The SMILES string of the molecule is CCN1CCN(C(=O)NC(C(=O)NC2Cc3cccc(C(=O)O)c3OB2O)C(C)(C)C)C(=O)C1=O. The smallest absolute Gasteiger partial charge is 0.534 e. The molecule has 2 aliphatic heterocycles. The third-order valence-corrected chi connectivity index (χ3v) is 6.01. The van der Waals surface area contributed by atoms with Gasteiger partial charge in [0.25, 0.3) is 0 Å². The first-order chi connectivity index (χ1) is 16.3. The van der Waals surface area contributed by atoms with Crippen molar-refractivity contribution in [2.75, 3.05) is 19.6 Å². The van der Waals surface area contributed by atoms with Crippen molar-refractivity contribution in [3.8, 4) is 5.75 Å². The maximum atomic E-state index is 13.2. The van der Waals surface area contributed by atoms with Gasteiger partial charge in [-0.3, -0.25) is 19.3 Å². The van der Waals surface area contributed by atoms with Crippen molar-refractivity contribution in [1.29, 1.82) is 0 Å². The highest BCUT2D eigenvalue weighted by atomic mass is 16.5. The van der Waals surface area contributed by atoms with E-state index >= 15 is 0 Å². The molecule has 188 valence electrons. The number of para-hydroxylation sites is 1. The second-order valence-electron chi connectivity index (χ2n) is 9.52. The number of hydrogen-bond acceptors (Lipinski definition) is 7. The number of benzene rings is 1. The second-order valence-corrected chi connectivity index (χ2v) is 9.52. The Labute approximate surface area is 202 Å². The van der Waals surface area contributed by atoms with Crippen LogP contribution in [0.3, 0.4) is 0 Å². The number of nitrogens with one attached hydrogen (secondary N) is 2. The van der Waals surface area contributed by atoms with E-state index in [9.17, 15) is 34.1 Å². The largest absolute Gasteiger partial charge is 0.547 e. The molecular weight excluding hydrogens is 459 g/mol. The van der Waals surface area contributed by atoms with Gasteiger partial charge in [-0.05, 0) is 30.4 Å². The van der Waals surface area contributed by atoms with Gasteiger partial charge in [0.15, 0.2) is 0 Å². The molecule has 1 saturated heterocycles. The summed E-state index contributed by atoms with van der Waals surface area (Å²) in [7, 11) is -1.52. The molecule has 3 rings (SSSR count). The molecule has 0 aliphatic carbocycles. The summed E-state index contributed by atoms with van der Waals surface area (Å²) < 4.78 is 5.40. The number of imide groups is 1. The summed E-state index contributed by atoms with van der Waals surface area (Å²) in [6.45, 7) is 7.40. The average molecular weight is 488 g/mol. The quantitative estimate of drug-likeness (QED) is 0.322. The number of piperazine rings is 1. The van der Waals surface area contributed by atoms with Crippen molar-refractivity contribution in [1.82, 2.24) is 20.4 Å². The topological polar surface area (TPSA) is 166 Å². The van der Waals surface area contributed by atoms with Crippen LogP contribution in [0.5, 0.6) is 5.75 Å². The lowest BCUT2D eigenvalue weighted by Gasteiger charge is -2.36. The zero-order valence-corrected chi connectivity index (χ0v) is 20.0. The lowest BCUT2D eigenvalue weighted by atomic mass is 9.72. The molecular formula is C22H29BN4O8. The van der Waals surface area contributed by atoms with Crippen LogP contribution in [0, 0.1) is 5.41 Å². The summed E-state index contributed by atoms with van der Waals surface area (Å²) in [4.78, 5) is 64.1. The number of hydrogen-bond donors (Lipinski definition) is 4. The monoisotopic (exact) mass is 488 g/mol. The molecule has 4 N–H and O–H groups in total. The fourth-order valence-corrected chi connectivity index (χ4v) is 4.03. The maximum Gasteiger partial charge on any atom is 0.547 e. The van der Waals surface area contributed by atoms with E-state index in [1.54, 1.807) is 33.8 Å². The van der Waals surface area contributed by atoms with E-state index in [4.69, 9.17) is 4.65 Å². The maximum absolute atomic E-state index is 13.2. The van der Waals surface area contributed by atoms with Crippen LogP contribution in [0.25, 0.3) is 0 Å². The van der Waals surface area contributed by atoms with Gasteiger partial charge in [-0.1, -0.05) is 32.9 Å². The lowest BCUT2D eigenvalue weighted by Crippen LogP contribution is -2.64. The van der Waals surface area contributed by atoms with Gasteiger partial charge in [0.05, 0.1) is 11.5 Å². The Kier molecular flexibility index (Phi) is 7.39. The zero-order valence-electron chi connectivity index (χ0n) is 20.0. The molecule has 0 aromatic heterocycles. The second kappa shape index (κ2) is 9.94. The Morgan fingerprint density at radius 1 is 1.20 bits per heavy atom. The van der Waals surface area contributed by atoms with E-state index in [0.29, 0.717) is 12.1 Å². The number of nitrogens with zero attached hydrogens (tertiary/aromatic N) is 2. The molecule has 5 amide bonds. The highest BCUT2D eigenvalue weighted by Crippen LogP contribution is 2.30. The fraction of sp³-hybridized carbons (Fsp3) is 0.500. The minimum atomic E-state index is -1.52. The van der Waals surface area contributed by atoms with E-state index in [1.807, 2.05) is 0 Å². The number of carbonyl (C=O) groups is 5. The summed E-state index contributed by atoms with van der Waals surface area (Å²) in [5.41, 5.74) is -0.407. The van der Waals surface area contributed by atoms with Gasteiger partial charge in [0.1, 0.15) is 11.8 Å². The Morgan fingerprint density at radius 2 is 1.89 bits per heavy atom. The predicted octanol–water partition coefficient (Wildman–Crippen LogP) is -0.361. The van der Waals surface area contributed by atoms with Gasteiger partial charge in [0.2, 0.25) is 5.91 Å². The third-order valence-electron chi connectivity index (χ3n) is 6.01. The van der Waals surface area contributed by atoms with Crippen LogP contribution in [-0.4, -0.2) is 88.4 Å². The molecule has 1 fully saturated rings. The standard InChI is InChI=1S/C22H29BN4O8/c1-5-26-9-10-27(19(30)18(26)29)21(33)25-16(22(2,3)4)17(28)24-14-11-12-7-6-8-13(20(31)32)15(12)35-23(14)34/h6-8,14,16,34H,5,9-11H2,1-4H3,(H,24,28)(H,25,33)(H,31,32). The van der Waals surface area contributed by atoms with Crippen LogP contribution in [0.15, 0.2) is 18.2 Å². The molecule has 0 radical (unpaired) electrons. The molecule has 12 nitrogen and oxygen atoms in total. The Balaban J connectivity index is 1.74. The van der Waals surface area contributed by atoms with Gasteiger partial charge in [-0.15, -0.1) is 0 Å². The molecule has 2 unspecified atom stereocenters. The highest BCUT2D eigenvalue weighted by molar-refractivity contribution is 6.47. The van der Waals surface area contributed by atoms with Crippen molar-refractivity contribution in [2.45, 2.75) is 46.1 Å². The lowest BCUT2D eigenvalue weighted by molar-refractivity contribution is -0.153. The minimum absolute atomic E-state index is 0.000598. The van der Waals surface area contributed by atoms with Crippen molar-refractivity contribution >= 4 is 36.8 Å². The zero-order chi connectivity index (χ0) is 26.1. The Morgan fingerprint density at radius 3 is 2.49 bits per heavy atom. The number of likely N-dealkylation sites (N-methyl/N-ethyl adjacent to an activating group) is 1. The molecule has 2 heterocycles. The summed E-state index contributed by atoms with van der Waals surface area (Å²) in [6, 6.07) is 2.53. The third kappa shape index (κ3) is 5.40. The molecule has 0 spiro atoms. The number of amides is 5. The molecule has 2 aliphatic rings. The van der Waals surface area contributed by atoms with E-state index in [-0.39, 0.29) is 30.8 Å². The van der Waals surface area contributed by atoms with Crippen LogP contribution in [-0.2, 0) is 20.8 Å². The van der Waals surface area contributed by atoms with Crippen LogP contribution in [0.1, 0.15) is 43.6 Å². The summed E-state index contributed by atoms with van der Waals surface area (Å²) in [6.07, 6.45) is 0.0974. The number of carbonyl (C=O) groups excluding carboxylic acids is 4. The number of carboxylic acid groups (broad SMARTS) is 1. The van der Waals surface area contributed by atoms with Crippen molar-refractivity contribution in [3.63, 3.8) is 0 Å². The van der Waals surface area contributed by atoms with Crippen LogP contribution in [0.4, 0.5) is 4.79 Å². The first-order valence-corrected chi connectivity index (χ1v) is 11.3. The first kappa shape index (κ1) is 26.0. The number of fused-ring (bicyclic) bond motifs is 1. The van der Waals surface area contributed by atoms with Crippen LogP contribution < -0.4 is 15.3 Å². The van der Waals surface area contributed by atoms with Gasteiger partial charge in [0, 0.05) is 19.6 Å². The Hall–Kier alpha value is -3.61. The minimum Gasteiger partial charge on any atom is -0.534 e. The number of aromatic carboxylic acids is 1. The fourth-order valence-electron chi connectivity index (χ4n) is 4.03. The van der Waals surface area contributed by atoms with Crippen molar-refractivity contribution in [2.24, 2.45) is 5.41 Å². The average Bonchev–Trinajstić information content (AvgIpc) is 2.78. The van der Waals surface area contributed by atoms with E-state index in [1.165, 1.54) is 17.0 Å². The molecule has 0 saturated carbocycles. The first-order valence-electron chi connectivity index (χ1n) is 11.3. The highest BCUT2D eigenvalue weighted by Gasteiger charge is 2.43. The summed E-state index contributed by atoms with van der Waals surface area (Å²) >= 11 is 0. The van der Waals surface area contributed by atoms with E-state index in [2.05, 4.69) is 10.6 Å². The number of rotatable bonds is 5. The predicted molar refractivity (Wildman–Crippen MR) is 123 cm³/mol. The van der Waals surface area contributed by atoms with Crippen molar-refractivity contribution < 1.29 is 38.8 Å². The summed E-state index contributed by atoms with van der Waals surface area (Å²) in [5.74, 6) is -4.48. The number of urea groups is 1. The van der Waals surface area contributed by atoms with Crippen LogP contribution in [0.2, 0.25) is 0 Å². The van der Waals surface area contributed by atoms with Gasteiger partial charge in [-0.25, -0.2) is 9.59 Å². The van der Waals surface area contributed by atoms with Gasteiger partial charge >= 0.3 is 30.9 Å². The molecule has 2 atom stereocenters. The van der Waals surface area contributed by atoms with E-state index < -0.39 is 54.2 Å². The summed E-state index contributed by atoms with van der Waals surface area (Å²) in [5, 5.41) is 25.0. The molecule has 1 aromatic carbocycles. The van der Waals surface area contributed by atoms with Gasteiger partial charge in [-0.2, -0.15) is 0 Å².